The van der Waals surface area contributed by atoms with Gasteiger partial charge in [0.15, 0.2) is 17.3 Å². The summed E-state index contributed by atoms with van der Waals surface area (Å²) in [5.41, 5.74) is 1.29. The van der Waals surface area contributed by atoms with Crippen LogP contribution in [0.15, 0.2) is 41.2 Å². The van der Waals surface area contributed by atoms with Crippen LogP contribution in [0.3, 0.4) is 0 Å². The van der Waals surface area contributed by atoms with Crippen LogP contribution in [0.5, 0.6) is 0 Å². The summed E-state index contributed by atoms with van der Waals surface area (Å²) in [5, 5.41) is 28.7. The number of aromatic amines is 1. The molecule has 0 radical (unpaired) electrons. The zero-order valence-corrected chi connectivity index (χ0v) is 12.4. The maximum atomic E-state index is 9.24. The SMILES string of the molecule is Cc1nc2c(N=Nc3c(C#N)cnn3-c3ccncn3)cnn2[nH]1. The number of rotatable bonds is 3. The Kier molecular flexibility index (Phi) is 3.06. The van der Waals surface area contributed by atoms with E-state index in [1.54, 1.807) is 12.3 Å². The van der Waals surface area contributed by atoms with E-state index >= 15 is 0 Å². The number of nitrogens with one attached hydrogen (secondary N) is 1. The van der Waals surface area contributed by atoms with Gasteiger partial charge in [-0.05, 0) is 6.92 Å². The summed E-state index contributed by atoms with van der Waals surface area (Å²) in [4.78, 5) is 12.2. The number of nitrogens with zero attached hydrogens (tertiary/aromatic N) is 10. The highest BCUT2D eigenvalue weighted by Gasteiger charge is 2.14. The lowest BCUT2D eigenvalue weighted by Crippen LogP contribution is -1.98. The Morgan fingerprint density at radius 2 is 2.17 bits per heavy atom. The van der Waals surface area contributed by atoms with E-state index in [1.165, 1.54) is 28.0 Å². The monoisotopic (exact) mass is 319 g/mol. The first-order chi connectivity index (χ1) is 11.8. The molecule has 4 heterocycles. The Hall–Kier alpha value is -3.94. The summed E-state index contributed by atoms with van der Waals surface area (Å²) in [7, 11) is 0. The quantitative estimate of drug-likeness (QED) is 0.569. The lowest BCUT2D eigenvalue weighted by molar-refractivity contribution is 0.806. The molecule has 0 atom stereocenters. The van der Waals surface area contributed by atoms with Crippen LogP contribution in [0.4, 0.5) is 11.5 Å². The molecule has 0 aliphatic carbocycles. The molecule has 4 aromatic rings. The van der Waals surface area contributed by atoms with Crippen molar-refractivity contribution in [1.29, 1.82) is 5.26 Å². The minimum atomic E-state index is 0.266. The molecule has 0 saturated carbocycles. The average Bonchev–Trinajstić information content (AvgIpc) is 3.27. The molecule has 0 spiro atoms. The van der Waals surface area contributed by atoms with Crippen LogP contribution < -0.4 is 0 Å². The van der Waals surface area contributed by atoms with Crippen molar-refractivity contribution in [1.82, 2.24) is 39.6 Å². The van der Waals surface area contributed by atoms with Crippen molar-refractivity contribution in [3.05, 3.63) is 42.4 Å². The summed E-state index contributed by atoms with van der Waals surface area (Å²) < 4.78 is 2.91. The second kappa shape index (κ2) is 5.36. The highest BCUT2D eigenvalue weighted by molar-refractivity contribution is 5.62. The molecule has 0 unspecified atom stereocenters. The van der Waals surface area contributed by atoms with Gasteiger partial charge in [0.1, 0.15) is 23.8 Å². The van der Waals surface area contributed by atoms with E-state index < -0.39 is 0 Å². The standard InChI is InChI=1S/C13H9N11/c1-8-19-13-10(6-18-24(13)22-8)20-21-12-9(4-14)5-17-23(12)11-2-3-15-7-16-11/h2-3,5-7H,1H3,(H,19,22). The number of hydrogen-bond acceptors (Lipinski definition) is 8. The van der Waals surface area contributed by atoms with Gasteiger partial charge in [0.2, 0.25) is 5.65 Å². The van der Waals surface area contributed by atoms with Gasteiger partial charge in [0.25, 0.3) is 0 Å². The van der Waals surface area contributed by atoms with Crippen molar-refractivity contribution >= 4 is 17.2 Å². The van der Waals surface area contributed by atoms with E-state index in [2.05, 4.69) is 40.5 Å². The highest BCUT2D eigenvalue weighted by atomic mass is 15.5. The van der Waals surface area contributed by atoms with Gasteiger partial charge in [0.05, 0.1) is 12.4 Å². The molecular formula is C13H9N11. The van der Waals surface area contributed by atoms with Crippen LogP contribution >= 0.6 is 0 Å². The molecular weight excluding hydrogens is 310 g/mol. The van der Waals surface area contributed by atoms with Gasteiger partial charge < -0.3 is 0 Å². The lowest BCUT2D eigenvalue weighted by atomic mass is 10.4. The summed E-state index contributed by atoms with van der Waals surface area (Å²) >= 11 is 0. The molecule has 0 aromatic carbocycles. The first kappa shape index (κ1) is 13.7. The molecule has 0 amide bonds. The van der Waals surface area contributed by atoms with Crippen molar-refractivity contribution in [2.75, 3.05) is 0 Å². The molecule has 116 valence electrons. The minimum absolute atomic E-state index is 0.266. The maximum absolute atomic E-state index is 9.24. The smallest absolute Gasteiger partial charge is 0.203 e. The molecule has 11 nitrogen and oxygen atoms in total. The van der Waals surface area contributed by atoms with Crippen LogP contribution in [0.2, 0.25) is 0 Å². The van der Waals surface area contributed by atoms with E-state index in [0.717, 1.165) is 0 Å². The first-order valence-corrected chi connectivity index (χ1v) is 6.83. The highest BCUT2D eigenvalue weighted by Crippen LogP contribution is 2.25. The zero-order valence-electron chi connectivity index (χ0n) is 12.4. The molecule has 0 fully saturated rings. The van der Waals surface area contributed by atoms with Crippen molar-refractivity contribution in [3.8, 4) is 11.9 Å². The molecule has 11 heteroatoms. The van der Waals surface area contributed by atoms with Crippen molar-refractivity contribution in [2.24, 2.45) is 10.2 Å². The van der Waals surface area contributed by atoms with Crippen LogP contribution in [0.1, 0.15) is 11.4 Å². The Morgan fingerprint density at radius 1 is 1.25 bits per heavy atom. The fraction of sp³-hybridized carbons (Fsp3) is 0.0769. The number of aryl methyl sites for hydroxylation is 1. The van der Waals surface area contributed by atoms with Crippen LogP contribution in [0.25, 0.3) is 11.5 Å². The number of nitriles is 1. The third kappa shape index (κ3) is 2.18. The van der Waals surface area contributed by atoms with Crippen LogP contribution in [-0.2, 0) is 0 Å². The molecule has 4 rings (SSSR count). The van der Waals surface area contributed by atoms with Gasteiger partial charge in [0, 0.05) is 12.3 Å². The van der Waals surface area contributed by atoms with E-state index in [4.69, 9.17) is 0 Å². The van der Waals surface area contributed by atoms with Crippen molar-refractivity contribution < 1.29 is 0 Å². The van der Waals surface area contributed by atoms with E-state index in [9.17, 15) is 5.26 Å². The first-order valence-electron chi connectivity index (χ1n) is 6.83. The maximum Gasteiger partial charge on any atom is 0.203 e. The topological polar surface area (TPSA) is 138 Å². The molecule has 24 heavy (non-hydrogen) atoms. The fourth-order valence-electron chi connectivity index (χ4n) is 2.12. The third-order valence-electron chi connectivity index (χ3n) is 3.17. The van der Waals surface area contributed by atoms with Gasteiger partial charge in [-0.1, -0.05) is 0 Å². The van der Waals surface area contributed by atoms with E-state index in [0.29, 0.717) is 23.0 Å². The van der Waals surface area contributed by atoms with Crippen LogP contribution in [-0.4, -0.2) is 39.6 Å². The van der Waals surface area contributed by atoms with Gasteiger partial charge in [-0.2, -0.15) is 24.8 Å². The average molecular weight is 319 g/mol. The zero-order chi connectivity index (χ0) is 16.5. The van der Waals surface area contributed by atoms with E-state index in [-0.39, 0.29) is 11.4 Å². The Bertz CT molecular complexity index is 1080. The summed E-state index contributed by atoms with van der Waals surface area (Å²) in [6, 6.07) is 3.69. The molecule has 0 saturated heterocycles. The van der Waals surface area contributed by atoms with Gasteiger partial charge in [-0.15, -0.1) is 10.2 Å². The second-order valence-corrected chi connectivity index (χ2v) is 4.75. The fourth-order valence-corrected chi connectivity index (χ4v) is 2.12. The number of H-pyrrole nitrogens is 1. The molecule has 1 N–H and O–H groups in total. The Morgan fingerprint density at radius 3 is 2.96 bits per heavy atom. The summed E-state index contributed by atoms with van der Waals surface area (Å²) in [5.74, 6) is 1.46. The van der Waals surface area contributed by atoms with E-state index in [1.807, 2.05) is 13.0 Å². The van der Waals surface area contributed by atoms with Crippen molar-refractivity contribution in [2.45, 2.75) is 6.92 Å². The lowest BCUT2D eigenvalue weighted by Gasteiger charge is -2.00. The normalized spacial score (nSPS) is 11.3. The molecule has 4 aromatic heterocycles. The Labute approximate surface area is 134 Å². The third-order valence-corrected chi connectivity index (χ3v) is 3.17. The van der Waals surface area contributed by atoms with Gasteiger partial charge in [-0.25, -0.2) is 15.0 Å². The summed E-state index contributed by atoms with van der Waals surface area (Å²) in [6.45, 7) is 1.81. The largest absolute Gasteiger partial charge is 0.263 e. The Balaban J connectivity index is 1.79. The number of aromatic nitrogens is 8. The van der Waals surface area contributed by atoms with Gasteiger partial charge in [-0.3, -0.25) is 5.10 Å². The number of azo groups is 1. The van der Waals surface area contributed by atoms with Crippen LogP contribution in [0, 0.1) is 18.3 Å². The van der Waals surface area contributed by atoms with Crippen molar-refractivity contribution in [3.63, 3.8) is 0 Å². The predicted octanol–water partition coefficient (Wildman–Crippen LogP) is 1.63. The molecule has 0 aliphatic rings. The second-order valence-electron chi connectivity index (χ2n) is 4.75. The number of fused-ring (bicyclic) bond motifs is 1. The predicted molar refractivity (Wildman–Crippen MR) is 80.1 cm³/mol. The summed E-state index contributed by atoms with van der Waals surface area (Å²) in [6.07, 6.45) is 5.89. The molecule has 0 bridgehead atoms. The molecule has 0 aliphatic heterocycles. The van der Waals surface area contributed by atoms with Gasteiger partial charge >= 0.3 is 0 Å². The minimum Gasteiger partial charge on any atom is -0.263 e. The number of hydrogen-bond donors (Lipinski definition) is 1.